The first-order valence-electron chi connectivity index (χ1n) is 3.43. The summed E-state index contributed by atoms with van der Waals surface area (Å²) in [6.45, 7) is 0. The molecule has 1 heterocycles. The quantitative estimate of drug-likeness (QED) is 0.684. The minimum Gasteiger partial charge on any atom is -0.298 e. The first-order valence-corrected chi connectivity index (χ1v) is 3.43. The lowest BCUT2D eigenvalue weighted by Gasteiger charge is -2.02. The van der Waals surface area contributed by atoms with Crippen LogP contribution in [-0.2, 0) is 0 Å². The molecular weight excluding hydrogens is 197 g/mol. The van der Waals surface area contributed by atoms with Crippen LogP contribution in [0, 0.1) is 17.1 Å². The third kappa shape index (κ3) is 1.57. The Morgan fingerprint density at radius 3 is 2.64 bits per heavy atom. The molecular formula is C8H3F3N2O. The molecule has 0 aromatic carbocycles. The fourth-order valence-electron chi connectivity index (χ4n) is 0.870. The van der Waals surface area contributed by atoms with Gasteiger partial charge in [-0.2, -0.15) is 5.26 Å². The maximum absolute atomic E-state index is 13.0. The van der Waals surface area contributed by atoms with E-state index in [1.165, 1.54) is 6.07 Å². The van der Waals surface area contributed by atoms with Gasteiger partial charge in [0.05, 0.1) is 5.56 Å². The number of nitrogens with zero attached hydrogens (tertiary/aromatic N) is 2. The Hall–Kier alpha value is -1.90. The van der Waals surface area contributed by atoms with E-state index in [1.807, 2.05) is 0 Å². The zero-order chi connectivity index (χ0) is 10.7. The summed E-state index contributed by atoms with van der Waals surface area (Å²) in [6.07, 6.45) is -2.18. The molecule has 3 nitrogen and oxygen atoms in total. The van der Waals surface area contributed by atoms with Gasteiger partial charge in [0.25, 0.3) is 6.43 Å². The maximum atomic E-state index is 13.0. The van der Waals surface area contributed by atoms with Crippen LogP contribution in [0.3, 0.4) is 0 Å². The predicted octanol–water partition coefficient (Wildman–Crippen LogP) is 1.84. The van der Waals surface area contributed by atoms with E-state index < -0.39 is 23.5 Å². The standard InChI is InChI=1S/C8H3F3N2O/c9-6-5(1-12)4(3-14)2-13-7(6)8(10)11/h2-3,8H. The second kappa shape index (κ2) is 3.87. The van der Waals surface area contributed by atoms with Gasteiger partial charge < -0.3 is 0 Å². The van der Waals surface area contributed by atoms with Crippen molar-refractivity contribution in [3.8, 4) is 6.07 Å². The number of carbonyl (C=O) groups excluding carboxylic acids is 1. The number of halogens is 3. The number of hydrogen-bond donors (Lipinski definition) is 0. The van der Waals surface area contributed by atoms with Crippen LogP contribution in [0.5, 0.6) is 0 Å². The molecule has 1 rings (SSSR count). The van der Waals surface area contributed by atoms with Gasteiger partial charge in [0.1, 0.15) is 17.3 Å². The zero-order valence-corrected chi connectivity index (χ0v) is 6.67. The van der Waals surface area contributed by atoms with Gasteiger partial charge in [0.15, 0.2) is 12.1 Å². The monoisotopic (exact) mass is 200 g/mol. The van der Waals surface area contributed by atoms with Gasteiger partial charge in [-0.1, -0.05) is 0 Å². The Morgan fingerprint density at radius 1 is 1.57 bits per heavy atom. The summed E-state index contributed by atoms with van der Waals surface area (Å²) < 4.78 is 37.2. The SMILES string of the molecule is N#Cc1c(C=O)cnc(C(F)F)c1F. The van der Waals surface area contributed by atoms with Crippen molar-refractivity contribution in [3.05, 3.63) is 28.8 Å². The highest BCUT2D eigenvalue weighted by molar-refractivity contribution is 5.78. The van der Waals surface area contributed by atoms with Crippen LogP contribution in [0.1, 0.15) is 28.0 Å². The van der Waals surface area contributed by atoms with E-state index in [1.54, 1.807) is 0 Å². The fraction of sp³-hybridized carbons (Fsp3) is 0.125. The predicted molar refractivity (Wildman–Crippen MR) is 39.3 cm³/mol. The molecule has 0 saturated carbocycles. The molecule has 1 aromatic heterocycles. The van der Waals surface area contributed by atoms with Gasteiger partial charge in [0, 0.05) is 6.20 Å². The van der Waals surface area contributed by atoms with Gasteiger partial charge in [-0.15, -0.1) is 0 Å². The molecule has 0 N–H and O–H groups in total. The normalized spacial score (nSPS) is 9.93. The van der Waals surface area contributed by atoms with Crippen LogP contribution < -0.4 is 0 Å². The van der Waals surface area contributed by atoms with Crippen molar-refractivity contribution in [2.45, 2.75) is 6.43 Å². The highest BCUT2D eigenvalue weighted by Gasteiger charge is 2.20. The van der Waals surface area contributed by atoms with Gasteiger partial charge in [0.2, 0.25) is 0 Å². The molecule has 0 amide bonds. The average molecular weight is 200 g/mol. The van der Waals surface area contributed by atoms with Crippen LogP contribution in [-0.4, -0.2) is 11.3 Å². The smallest absolute Gasteiger partial charge is 0.283 e. The van der Waals surface area contributed by atoms with Gasteiger partial charge in [-0.05, 0) is 0 Å². The topological polar surface area (TPSA) is 53.8 Å². The van der Waals surface area contributed by atoms with Crippen molar-refractivity contribution in [2.24, 2.45) is 0 Å². The summed E-state index contributed by atoms with van der Waals surface area (Å²) in [6, 6.07) is 1.33. The van der Waals surface area contributed by atoms with Crippen molar-refractivity contribution in [3.63, 3.8) is 0 Å². The van der Waals surface area contributed by atoms with Crippen LogP contribution in [0.2, 0.25) is 0 Å². The Labute approximate surface area is 76.8 Å². The summed E-state index contributed by atoms with van der Waals surface area (Å²) in [4.78, 5) is 13.3. The van der Waals surface area contributed by atoms with Crippen molar-refractivity contribution in [2.75, 3.05) is 0 Å². The molecule has 0 aliphatic heterocycles. The van der Waals surface area contributed by atoms with Crippen LogP contribution in [0.25, 0.3) is 0 Å². The fourth-order valence-corrected chi connectivity index (χ4v) is 0.870. The second-order valence-corrected chi connectivity index (χ2v) is 2.32. The molecule has 72 valence electrons. The van der Waals surface area contributed by atoms with Crippen LogP contribution in [0.15, 0.2) is 6.20 Å². The third-order valence-corrected chi connectivity index (χ3v) is 1.52. The highest BCUT2D eigenvalue weighted by Crippen LogP contribution is 2.22. The molecule has 0 atom stereocenters. The van der Waals surface area contributed by atoms with E-state index in [9.17, 15) is 18.0 Å². The Morgan fingerprint density at radius 2 is 2.21 bits per heavy atom. The molecule has 0 saturated heterocycles. The first kappa shape index (κ1) is 10.2. The minimum atomic E-state index is -3.11. The molecule has 0 spiro atoms. The second-order valence-electron chi connectivity index (χ2n) is 2.32. The Balaban J connectivity index is 3.44. The van der Waals surface area contributed by atoms with E-state index in [-0.39, 0.29) is 11.8 Å². The lowest BCUT2D eigenvalue weighted by molar-refractivity contribution is 0.112. The summed E-state index contributed by atoms with van der Waals surface area (Å²) in [5.74, 6) is -1.44. The zero-order valence-electron chi connectivity index (χ0n) is 6.67. The van der Waals surface area contributed by atoms with E-state index in [0.717, 1.165) is 6.20 Å². The Kier molecular flexibility index (Phi) is 2.82. The summed E-state index contributed by atoms with van der Waals surface area (Å²) in [5.41, 5.74) is -2.16. The van der Waals surface area contributed by atoms with E-state index in [0.29, 0.717) is 0 Å². The molecule has 0 unspecified atom stereocenters. The average Bonchev–Trinajstić information content (AvgIpc) is 2.16. The number of aldehydes is 1. The van der Waals surface area contributed by atoms with Crippen LogP contribution in [0.4, 0.5) is 13.2 Å². The van der Waals surface area contributed by atoms with Crippen molar-refractivity contribution < 1.29 is 18.0 Å². The molecule has 0 radical (unpaired) electrons. The minimum absolute atomic E-state index is 0.184. The van der Waals surface area contributed by atoms with E-state index in [2.05, 4.69) is 4.98 Å². The number of carbonyl (C=O) groups is 1. The number of alkyl halides is 2. The highest BCUT2D eigenvalue weighted by atomic mass is 19.3. The molecule has 1 aromatic rings. The summed E-state index contributed by atoms with van der Waals surface area (Å²) in [7, 11) is 0. The van der Waals surface area contributed by atoms with Gasteiger partial charge >= 0.3 is 0 Å². The molecule has 14 heavy (non-hydrogen) atoms. The van der Waals surface area contributed by atoms with Crippen molar-refractivity contribution in [1.82, 2.24) is 4.98 Å². The largest absolute Gasteiger partial charge is 0.298 e. The molecule has 0 bridgehead atoms. The maximum Gasteiger partial charge on any atom is 0.283 e. The van der Waals surface area contributed by atoms with Gasteiger partial charge in [-0.25, -0.2) is 13.2 Å². The summed E-state index contributed by atoms with van der Waals surface area (Å²) >= 11 is 0. The lowest BCUT2D eigenvalue weighted by Crippen LogP contribution is -2.02. The number of hydrogen-bond acceptors (Lipinski definition) is 3. The number of aromatic nitrogens is 1. The van der Waals surface area contributed by atoms with E-state index >= 15 is 0 Å². The van der Waals surface area contributed by atoms with E-state index in [4.69, 9.17) is 5.26 Å². The molecule has 0 aliphatic rings. The lowest BCUT2D eigenvalue weighted by atomic mass is 10.1. The van der Waals surface area contributed by atoms with Crippen LogP contribution >= 0.6 is 0 Å². The van der Waals surface area contributed by atoms with Crippen molar-refractivity contribution >= 4 is 6.29 Å². The first-order chi connectivity index (χ1) is 6.61. The molecule has 0 fully saturated rings. The summed E-state index contributed by atoms with van der Waals surface area (Å²) in [5, 5.41) is 8.42. The number of nitriles is 1. The molecule has 0 aliphatic carbocycles. The van der Waals surface area contributed by atoms with Crippen molar-refractivity contribution in [1.29, 1.82) is 5.26 Å². The number of pyridine rings is 1. The number of rotatable bonds is 2. The Bertz CT molecular complexity index is 412. The van der Waals surface area contributed by atoms with Gasteiger partial charge in [-0.3, -0.25) is 9.78 Å². The molecule has 6 heteroatoms. The third-order valence-electron chi connectivity index (χ3n) is 1.52.